The highest BCUT2D eigenvalue weighted by Gasteiger charge is 2.10. The summed E-state index contributed by atoms with van der Waals surface area (Å²) in [6.07, 6.45) is 0. The van der Waals surface area contributed by atoms with Gasteiger partial charge in [0.05, 0.1) is 0 Å². The molecule has 0 aliphatic carbocycles. The van der Waals surface area contributed by atoms with Crippen LogP contribution in [0.15, 0.2) is 78.9 Å². The van der Waals surface area contributed by atoms with Gasteiger partial charge in [0.25, 0.3) is 5.91 Å². The zero-order valence-corrected chi connectivity index (χ0v) is 15.6. The lowest BCUT2D eigenvalue weighted by molar-refractivity contribution is -0.143. The minimum absolute atomic E-state index is 0.0154. The second kappa shape index (κ2) is 10.0. The molecule has 1 N–H and O–H groups in total. The lowest BCUT2D eigenvalue weighted by Gasteiger charge is -2.09. The molecule has 1 amide bonds. The van der Waals surface area contributed by atoms with E-state index in [2.05, 4.69) is 5.32 Å². The molecule has 0 atom stereocenters. The molecule has 3 rings (SSSR count). The van der Waals surface area contributed by atoms with Gasteiger partial charge in [0.1, 0.15) is 19.8 Å². The van der Waals surface area contributed by atoms with Gasteiger partial charge in [-0.15, -0.1) is 0 Å². The first-order valence-corrected chi connectivity index (χ1v) is 9.10. The number of amides is 1. The summed E-state index contributed by atoms with van der Waals surface area (Å²) in [6, 6.07) is 22.9. The van der Waals surface area contributed by atoms with Crippen molar-refractivity contribution in [3.63, 3.8) is 0 Å². The van der Waals surface area contributed by atoms with Crippen molar-refractivity contribution in [1.82, 2.24) is 5.32 Å². The van der Waals surface area contributed by atoms with Gasteiger partial charge >= 0.3 is 5.97 Å². The summed E-state index contributed by atoms with van der Waals surface area (Å²) in [4.78, 5) is 23.9. The molecule has 0 unspecified atom stereocenters. The van der Waals surface area contributed by atoms with Crippen molar-refractivity contribution >= 4 is 11.9 Å². The van der Waals surface area contributed by atoms with Crippen LogP contribution in [0.2, 0.25) is 0 Å². The number of ether oxygens (including phenoxy) is 2. The average Bonchev–Trinajstić information content (AvgIpc) is 2.77. The van der Waals surface area contributed by atoms with Crippen molar-refractivity contribution in [2.45, 2.75) is 0 Å². The van der Waals surface area contributed by atoms with Crippen molar-refractivity contribution in [3.8, 4) is 16.9 Å². The number of carbonyl (C=O) groups is 2. The topological polar surface area (TPSA) is 64.6 Å². The van der Waals surface area contributed by atoms with Crippen LogP contribution in [0.1, 0.15) is 10.4 Å². The van der Waals surface area contributed by atoms with E-state index in [4.69, 9.17) is 9.47 Å². The lowest BCUT2D eigenvalue weighted by atomic mass is 10.0. The molecule has 0 saturated carbocycles. The standard InChI is InChI=1S/C23H20FNO4/c24-20-8-4-5-9-21(20)28-14-15-29-22(26)16-25-23(27)19-12-10-18(11-13-19)17-6-2-1-3-7-17/h1-13H,14-16H2,(H,25,27). The molecule has 6 heteroatoms. The third-order valence-corrected chi connectivity index (χ3v) is 4.09. The molecule has 0 aliphatic heterocycles. The molecule has 0 saturated heterocycles. The fraction of sp³-hybridized carbons (Fsp3) is 0.130. The molecule has 148 valence electrons. The predicted octanol–water partition coefficient (Wildman–Crippen LogP) is 3.84. The first-order valence-electron chi connectivity index (χ1n) is 9.10. The second-order valence-corrected chi connectivity index (χ2v) is 6.13. The van der Waals surface area contributed by atoms with E-state index in [1.807, 2.05) is 42.5 Å². The number of benzene rings is 3. The normalized spacial score (nSPS) is 10.2. The smallest absolute Gasteiger partial charge is 0.325 e. The maximum atomic E-state index is 13.4. The SMILES string of the molecule is O=C(CNC(=O)c1ccc(-c2ccccc2)cc1)OCCOc1ccccc1F. The van der Waals surface area contributed by atoms with Crippen LogP contribution >= 0.6 is 0 Å². The van der Waals surface area contributed by atoms with Gasteiger partial charge in [-0.05, 0) is 35.4 Å². The van der Waals surface area contributed by atoms with E-state index in [0.717, 1.165) is 11.1 Å². The summed E-state index contributed by atoms with van der Waals surface area (Å²) in [7, 11) is 0. The van der Waals surface area contributed by atoms with Gasteiger partial charge in [-0.1, -0.05) is 54.6 Å². The van der Waals surface area contributed by atoms with Gasteiger partial charge in [0.15, 0.2) is 11.6 Å². The van der Waals surface area contributed by atoms with Crippen LogP contribution in [0.5, 0.6) is 5.75 Å². The molecule has 0 aliphatic rings. The molecule has 0 fully saturated rings. The molecule has 29 heavy (non-hydrogen) atoms. The van der Waals surface area contributed by atoms with Crippen LogP contribution in [-0.2, 0) is 9.53 Å². The minimum atomic E-state index is -0.601. The Hall–Kier alpha value is -3.67. The van der Waals surface area contributed by atoms with Gasteiger partial charge in [-0.3, -0.25) is 9.59 Å². The molecule has 0 heterocycles. The summed E-state index contributed by atoms with van der Waals surface area (Å²) in [5, 5.41) is 2.51. The first kappa shape index (κ1) is 20.1. The Labute approximate surface area is 168 Å². The number of para-hydroxylation sites is 1. The van der Waals surface area contributed by atoms with Gasteiger partial charge in [-0.2, -0.15) is 0 Å². The summed E-state index contributed by atoms with van der Waals surface area (Å²) in [6.45, 7) is -0.296. The molecule has 5 nitrogen and oxygen atoms in total. The van der Waals surface area contributed by atoms with E-state index >= 15 is 0 Å². The fourth-order valence-electron chi connectivity index (χ4n) is 2.62. The highest BCUT2D eigenvalue weighted by atomic mass is 19.1. The Morgan fingerprint density at radius 1 is 0.793 bits per heavy atom. The third kappa shape index (κ3) is 5.90. The lowest BCUT2D eigenvalue weighted by Crippen LogP contribution is -2.31. The summed E-state index contributed by atoms with van der Waals surface area (Å²) >= 11 is 0. The van der Waals surface area contributed by atoms with E-state index in [1.54, 1.807) is 24.3 Å². The van der Waals surface area contributed by atoms with Crippen LogP contribution in [0.4, 0.5) is 4.39 Å². The van der Waals surface area contributed by atoms with Gasteiger partial charge < -0.3 is 14.8 Å². The number of nitrogens with one attached hydrogen (secondary N) is 1. The minimum Gasteiger partial charge on any atom is -0.487 e. The Balaban J connectivity index is 1.39. The molecule has 0 radical (unpaired) electrons. The van der Waals surface area contributed by atoms with Crippen LogP contribution < -0.4 is 10.1 Å². The molecule has 0 aromatic heterocycles. The number of hydrogen-bond donors (Lipinski definition) is 1. The zero-order chi connectivity index (χ0) is 20.5. The number of carbonyl (C=O) groups excluding carboxylic acids is 2. The van der Waals surface area contributed by atoms with Crippen molar-refractivity contribution in [3.05, 3.63) is 90.2 Å². The van der Waals surface area contributed by atoms with E-state index in [0.29, 0.717) is 5.56 Å². The Morgan fingerprint density at radius 2 is 1.45 bits per heavy atom. The molecule has 3 aromatic rings. The fourth-order valence-corrected chi connectivity index (χ4v) is 2.62. The van der Waals surface area contributed by atoms with Gasteiger partial charge in [0, 0.05) is 5.56 Å². The molecular formula is C23H20FNO4. The largest absolute Gasteiger partial charge is 0.487 e. The molecule has 0 bridgehead atoms. The van der Waals surface area contributed by atoms with Crippen LogP contribution in [0.3, 0.4) is 0 Å². The van der Waals surface area contributed by atoms with E-state index in [-0.39, 0.29) is 31.4 Å². The number of hydrogen-bond acceptors (Lipinski definition) is 4. The Kier molecular flexibility index (Phi) is 6.95. The van der Waals surface area contributed by atoms with Crippen LogP contribution in [-0.4, -0.2) is 31.6 Å². The Bertz CT molecular complexity index is 958. The van der Waals surface area contributed by atoms with Crippen molar-refractivity contribution in [2.75, 3.05) is 19.8 Å². The van der Waals surface area contributed by atoms with Crippen molar-refractivity contribution in [1.29, 1.82) is 0 Å². The number of rotatable bonds is 8. The molecule has 3 aromatic carbocycles. The maximum Gasteiger partial charge on any atom is 0.325 e. The molecular weight excluding hydrogens is 373 g/mol. The summed E-state index contributed by atoms with van der Waals surface area (Å²) < 4.78 is 23.5. The van der Waals surface area contributed by atoms with Gasteiger partial charge in [-0.25, -0.2) is 4.39 Å². The van der Waals surface area contributed by atoms with Crippen LogP contribution in [0.25, 0.3) is 11.1 Å². The quantitative estimate of drug-likeness (QED) is 0.466. The number of esters is 1. The average molecular weight is 393 g/mol. The van der Waals surface area contributed by atoms with E-state index in [9.17, 15) is 14.0 Å². The second-order valence-electron chi connectivity index (χ2n) is 6.13. The van der Waals surface area contributed by atoms with Gasteiger partial charge in [0.2, 0.25) is 0 Å². The van der Waals surface area contributed by atoms with E-state index in [1.165, 1.54) is 12.1 Å². The van der Waals surface area contributed by atoms with E-state index < -0.39 is 11.8 Å². The van der Waals surface area contributed by atoms with Crippen LogP contribution in [0, 0.1) is 5.82 Å². The highest BCUT2D eigenvalue weighted by molar-refractivity contribution is 5.96. The van der Waals surface area contributed by atoms with Crippen molar-refractivity contribution < 1.29 is 23.5 Å². The number of halogens is 1. The Morgan fingerprint density at radius 3 is 2.17 bits per heavy atom. The summed E-state index contributed by atoms with van der Waals surface area (Å²) in [5.74, 6) is -1.36. The first-order chi connectivity index (χ1) is 14.1. The maximum absolute atomic E-state index is 13.4. The third-order valence-electron chi connectivity index (χ3n) is 4.09. The highest BCUT2D eigenvalue weighted by Crippen LogP contribution is 2.19. The predicted molar refractivity (Wildman–Crippen MR) is 107 cm³/mol. The molecule has 0 spiro atoms. The van der Waals surface area contributed by atoms with Crippen molar-refractivity contribution in [2.24, 2.45) is 0 Å². The monoisotopic (exact) mass is 393 g/mol. The zero-order valence-electron chi connectivity index (χ0n) is 15.6. The summed E-state index contributed by atoms with van der Waals surface area (Å²) in [5.41, 5.74) is 2.50.